The van der Waals surface area contributed by atoms with Crippen LogP contribution in [0.15, 0.2) is 30.2 Å². The summed E-state index contributed by atoms with van der Waals surface area (Å²) in [5, 5.41) is 3.60. The lowest BCUT2D eigenvalue weighted by Crippen LogP contribution is -2.24. The monoisotopic (exact) mass is 261 g/mol. The van der Waals surface area contributed by atoms with Gasteiger partial charge in [-0.1, -0.05) is 6.92 Å². The molecule has 0 aliphatic heterocycles. The summed E-state index contributed by atoms with van der Waals surface area (Å²) in [6.07, 6.45) is 7.90. The van der Waals surface area contributed by atoms with Crippen molar-refractivity contribution in [3.05, 3.63) is 46.2 Å². The van der Waals surface area contributed by atoms with Crippen LogP contribution in [0.5, 0.6) is 0 Å². The molecule has 2 aromatic rings. The molecule has 2 aromatic heterocycles. The zero-order valence-electron chi connectivity index (χ0n) is 10.9. The van der Waals surface area contributed by atoms with Crippen molar-refractivity contribution in [3.8, 4) is 0 Å². The third-order valence-electron chi connectivity index (χ3n) is 2.98. The zero-order chi connectivity index (χ0) is 12.8. The van der Waals surface area contributed by atoms with E-state index in [9.17, 15) is 0 Å². The van der Waals surface area contributed by atoms with E-state index in [1.807, 2.05) is 24.1 Å². The first-order valence-electron chi connectivity index (χ1n) is 6.32. The number of aromatic nitrogens is 2. The molecule has 2 heterocycles. The normalized spacial score (nSPS) is 12.6. The van der Waals surface area contributed by atoms with Gasteiger partial charge < -0.3 is 5.32 Å². The van der Waals surface area contributed by atoms with Crippen LogP contribution in [0.2, 0.25) is 0 Å². The van der Waals surface area contributed by atoms with Gasteiger partial charge in [-0.3, -0.25) is 9.97 Å². The number of thiazole rings is 1. The molecule has 0 amide bonds. The predicted octanol–water partition coefficient (Wildman–Crippen LogP) is 3.13. The Labute approximate surface area is 112 Å². The van der Waals surface area contributed by atoms with Crippen LogP contribution in [0, 0.1) is 6.92 Å². The largest absolute Gasteiger partial charge is 0.310 e. The van der Waals surface area contributed by atoms with E-state index >= 15 is 0 Å². The molecule has 0 saturated carbocycles. The van der Waals surface area contributed by atoms with Gasteiger partial charge in [0.2, 0.25) is 0 Å². The number of hydrogen-bond donors (Lipinski definition) is 1. The standard InChI is InChI=1S/C14H19N3S/c1-3-5-17-14(7-12-8-16-10-18-12)13-9-15-6-4-11(13)2/h4,6,8-10,14,17H,3,5,7H2,1-2H3. The van der Waals surface area contributed by atoms with Crippen molar-refractivity contribution in [2.45, 2.75) is 32.7 Å². The van der Waals surface area contributed by atoms with E-state index < -0.39 is 0 Å². The SMILES string of the molecule is CCCNC(Cc1cncs1)c1cnccc1C. The summed E-state index contributed by atoms with van der Waals surface area (Å²) >= 11 is 1.71. The molecule has 0 aliphatic rings. The zero-order valence-corrected chi connectivity index (χ0v) is 11.7. The molecule has 3 nitrogen and oxygen atoms in total. The van der Waals surface area contributed by atoms with Crippen LogP contribution in [-0.2, 0) is 6.42 Å². The van der Waals surface area contributed by atoms with Crippen molar-refractivity contribution >= 4 is 11.3 Å². The molecule has 0 fully saturated rings. The molecule has 0 aromatic carbocycles. The maximum absolute atomic E-state index is 4.25. The fraction of sp³-hybridized carbons (Fsp3) is 0.429. The first-order chi connectivity index (χ1) is 8.81. The molecule has 0 aliphatic carbocycles. The maximum Gasteiger partial charge on any atom is 0.0794 e. The van der Waals surface area contributed by atoms with Crippen LogP contribution in [-0.4, -0.2) is 16.5 Å². The van der Waals surface area contributed by atoms with Gasteiger partial charge in [-0.15, -0.1) is 11.3 Å². The van der Waals surface area contributed by atoms with E-state index in [2.05, 4.69) is 35.2 Å². The highest BCUT2D eigenvalue weighted by atomic mass is 32.1. The molecule has 0 radical (unpaired) electrons. The van der Waals surface area contributed by atoms with Crippen molar-refractivity contribution in [1.82, 2.24) is 15.3 Å². The number of nitrogens with one attached hydrogen (secondary N) is 1. The van der Waals surface area contributed by atoms with Gasteiger partial charge in [0, 0.05) is 35.9 Å². The number of pyridine rings is 1. The lowest BCUT2D eigenvalue weighted by atomic mass is 10.0. The van der Waals surface area contributed by atoms with Crippen LogP contribution < -0.4 is 5.32 Å². The van der Waals surface area contributed by atoms with E-state index in [1.165, 1.54) is 16.0 Å². The highest BCUT2D eigenvalue weighted by molar-refractivity contribution is 7.09. The van der Waals surface area contributed by atoms with Crippen LogP contribution in [0.1, 0.15) is 35.4 Å². The summed E-state index contributed by atoms with van der Waals surface area (Å²) in [5.74, 6) is 0. The van der Waals surface area contributed by atoms with Gasteiger partial charge in [0.05, 0.1) is 5.51 Å². The smallest absolute Gasteiger partial charge is 0.0794 e. The molecule has 0 bridgehead atoms. The molecule has 1 atom stereocenters. The van der Waals surface area contributed by atoms with Crippen molar-refractivity contribution in [2.24, 2.45) is 0 Å². The fourth-order valence-corrected chi connectivity index (χ4v) is 2.64. The highest BCUT2D eigenvalue weighted by Crippen LogP contribution is 2.22. The quantitative estimate of drug-likeness (QED) is 0.868. The maximum atomic E-state index is 4.25. The van der Waals surface area contributed by atoms with E-state index in [1.54, 1.807) is 11.3 Å². The minimum atomic E-state index is 0.332. The lowest BCUT2D eigenvalue weighted by Gasteiger charge is -2.19. The number of rotatable bonds is 6. The summed E-state index contributed by atoms with van der Waals surface area (Å²) in [4.78, 5) is 9.71. The van der Waals surface area contributed by atoms with Crippen molar-refractivity contribution in [2.75, 3.05) is 6.54 Å². The molecule has 2 rings (SSSR count). The van der Waals surface area contributed by atoms with E-state index in [0.29, 0.717) is 6.04 Å². The Balaban J connectivity index is 2.16. The topological polar surface area (TPSA) is 37.8 Å². The average molecular weight is 261 g/mol. The summed E-state index contributed by atoms with van der Waals surface area (Å²) in [7, 11) is 0. The van der Waals surface area contributed by atoms with Gasteiger partial charge in [-0.05, 0) is 37.1 Å². The van der Waals surface area contributed by atoms with Gasteiger partial charge in [0.25, 0.3) is 0 Å². The van der Waals surface area contributed by atoms with Gasteiger partial charge in [0.1, 0.15) is 0 Å². The number of nitrogens with zero attached hydrogens (tertiary/aromatic N) is 2. The van der Waals surface area contributed by atoms with E-state index in [0.717, 1.165) is 19.4 Å². The third kappa shape index (κ3) is 3.37. The van der Waals surface area contributed by atoms with Crippen LogP contribution in [0.25, 0.3) is 0 Å². The first kappa shape index (κ1) is 13.2. The summed E-state index contributed by atoms with van der Waals surface area (Å²) in [6, 6.07) is 2.40. The third-order valence-corrected chi connectivity index (χ3v) is 3.79. The minimum absolute atomic E-state index is 0.332. The molecular weight excluding hydrogens is 242 g/mol. The van der Waals surface area contributed by atoms with Gasteiger partial charge in [-0.25, -0.2) is 0 Å². The molecular formula is C14H19N3S. The number of aryl methyl sites for hydroxylation is 1. The Bertz CT molecular complexity index is 468. The molecule has 18 heavy (non-hydrogen) atoms. The Morgan fingerprint density at radius 1 is 1.33 bits per heavy atom. The summed E-state index contributed by atoms with van der Waals surface area (Å²) in [6.45, 7) is 5.36. The Morgan fingerprint density at radius 3 is 2.89 bits per heavy atom. The van der Waals surface area contributed by atoms with Crippen LogP contribution >= 0.6 is 11.3 Å². The van der Waals surface area contributed by atoms with Crippen LogP contribution in [0.3, 0.4) is 0 Å². The Morgan fingerprint density at radius 2 is 2.22 bits per heavy atom. The number of hydrogen-bond acceptors (Lipinski definition) is 4. The molecule has 1 unspecified atom stereocenters. The van der Waals surface area contributed by atoms with Crippen molar-refractivity contribution in [1.29, 1.82) is 0 Å². The average Bonchev–Trinajstić information content (AvgIpc) is 2.88. The lowest BCUT2D eigenvalue weighted by molar-refractivity contribution is 0.528. The second-order valence-electron chi connectivity index (χ2n) is 4.41. The summed E-state index contributed by atoms with van der Waals surface area (Å²) in [5.41, 5.74) is 4.48. The van der Waals surface area contributed by atoms with Gasteiger partial charge in [-0.2, -0.15) is 0 Å². The molecule has 0 spiro atoms. The fourth-order valence-electron chi connectivity index (χ4n) is 2.00. The van der Waals surface area contributed by atoms with Crippen molar-refractivity contribution < 1.29 is 0 Å². The Hall–Kier alpha value is -1.26. The van der Waals surface area contributed by atoms with Gasteiger partial charge >= 0.3 is 0 Å². The van der Waals surface area contributed by atoms with Gasteiger partial charge in [0.15, 0.2) is 0 Å². The molecule has 96 valence electrons. The van der Waals surface area contributed by atoms with Crippen molar-refractivity contribution in [3.63, 3.8) is 0 Å². The highest BCUT2D eigenvalue weighted by Gasteiger charge is 2.14. The molecule has 0 saturated heterocycles. The van der Waals surface area contributed by atoms with E-state index in [-0.39, 0.29) is 0 Å². The molecule has 4 heteroatoms. The second kappa shape index (κ2) is 6.61. The Kier molecular flexibility index (Phi) is 4.84. The predicted molar refractivity (Wildman–Crippen MR) is 75.8 cm³/mol. The summed E-state index contributed by atoms with van der Waals surface area (Å²) < 4.78 is 0. The van der Waals surface area contributed by atoms with Crippen LogP contribution in [0.4, 0.5) is 0 Å². The van der Waals surface area contributed by atoms with E-state index in [4.69, 9.17) is 0 Å². The second-order valence-corrected chi connectivity index (χ2v) is 5.38. The first-order valence-corrected chi connectivity index (χ1v) is 7.20. The molecule has 1 N–H and O–H groups in total. The minimum Gasteiger partial charge on any atom is -0.310 e.